The molecule has 118 valence electrons. The van der Waals surface area contributed by atoms with E-state index >= 15 is 0 Å². The Bertz CT molecular complexity index is 422. The molecule has 0 heterocycles. The lowest BCUT2D eigenvalue weighted by atomic mass is 9.76. The zero-order chi connectivity index (χ0) is 16.6. The Morgan fingerprint density at radius 3 is 2.05 bits per heavy atom. The average molecular weight is 302 g/mol. The zero-order valence-corrected chi connectivity index (χ0v) is 11.3. The molecule has 0 aliphatic heterocycles. The Kier molecular flexibility index (Phi) is 7.32. The molecule has 0 saturated carbocycles. The van der Waals surface area contributed by atoms with Crippen LogP contribution in [0.1, 0.15) is 6.42 Å². The van der Waals surface area contributed by atoms with Gasteiger partial charge in [-0.3, -0.25) is 9.59 Å². The molecular weight excluding hydrogens is 284 g/mol. The molecule has 2 atom stereocenters. The minimum absolute atomic E-state index is 0.418. The van der Waals surface area contributed by atoms with Crippen molar-refractivity contribution in [2.75, 3.05) is 13.2 Å². The van der Waals surface area contributed by atoms with E-state index in [1.165, 1.54) is 0 Å². The number of carboxylic acids is 2. The first-order valence-electron chi connectivity index (χ1n) is 5.94. The zero-order valence-electron chi connectivity index (χ0n) is 11.3. The largest absolute Gasteiger partial charge is 0.481 e. The highest BCUT2D eigenvalue weighted by molar-refractivity contribution is 5.90. The molecule has 0 rings (SSSR count). The van der Waals surface area contributed by atoms with Gasteiger partial charge in [-0.1, -0.05) is 12.2 Å². The first-order chi connectivity index (χ1) is 9.74. The number of carbonyl (C=O) groups is 3. The lowest BCUT2D eigenvalue weighted by molar-refractivity contribution is -0.183. The van der Waals surface area contributed by atoms with E-state index in [2.05, 4.69) is 17.9 Å². The predicted molar refractivity (Wildman–Crippen MR) is 70.3 cm³/mol. The Morgan fingerprint density at radius 1 is 1.19 bits per heavy atom. The number of ether oxygens (including phenoxy) is 1. The molecule has 0 saturated heterocycles. The number of carboxylic acid groups (broad SMARTS) is 2. The number of aliphatic hydroxyl groups is 2. The van der Waals surface area contributed by atoms with Crippen LogP contribution in [0.5, 0.6) is 0 Å². The van der Waals surface area contributed by atoms with E-state index in [4.69, 9.17) is 15.3 Å². The minimum atomic E-state index is -2.90. The second kappa shape index (κ2) is 8.18. The van der Waals surface area contributed by atoms with Gasteiger partial charge in [0.15, 0.2) is 5.60 Å². The molecule has 8 nitrogen and oxygen atoms in total. The molecule has 0 aliphatic rings. The molecule has 0 aliphatic carbocycles. The van der Waals surface area contributed by atoms with Gasteiger partial charge in [0.1, 0.15) is 12.5 Å². The standard InChI is InChI=1S/C13H18O8/c1-3-8(4-2)10(11(17)21-6-5-14)13(20,12(18)19)7-9(15)16/h3-4,8,10,14,20H,1-2,5-7H2,(H,15,16)(H,18,19). The van der Waals surface area contributed by atoms with Crippen molar-refractivity contribution in [3.63, 3.8) is 0 Å². The number of hydrogen-bond acceptors (Lipinski definition) is 6. The quantitative estimate of drug-likeness (QED) is 0.310. The normalized spacial score (nSPS) is 14.8. The fourth-order valence-corrected chi connectivity index (χ4v) is 1.82. The topological polar surface area (TPSA) is 141 Å². The minimum Gasteiger partial charge on any atom is -0.481 e. The number of aliphatic carboxylic acids is 2. The Hall–Kier alpha value is -2.19. The van der Waals surface area contributed by atoms with Crippen LogP contribution >= 0.6 is 0 Å². The van der Waals surface area contributed by atoms with Crippen LogP contribution in [-0.2, 0) is 19.1 Å². The van der Waals surface area contributed by atoms with Gasteiger partial charge < -0.3 is 25.2 Å². The van der Waals surface area contributed by atoms with E-state index in [0.717, 1.165) is 12.2 Å². The Labute approximate surface area is 121 Å². The van der Waals surface area contributed by atoms with E-state index in [0.29, 0.717) is 0 Å². The van der Waals surface area contributed by atoms with Crippen molar-refractivity contribution in [3.05, 3.63) is 25.3 Å². The highest BCUT2D eigenvalue weighted by Gasteiger charge is 2.52. The van der Waals surface area contributed by atoms with Gasteiger partial charge in [-0.15, -0.1) is 13.2 Å². The Morgan fingerprint density at radius 2 is 1.71 bits per heavy atom. The van der Waals surface area contributed by atoms with Crippen LogP contribution in [0.25, 0.3) is 0 Å². The lowest BCUT2D eigenvalue weighted by Crippen LogP contribution is -2.53. The van der Waals surface area contributed by atoms with E-state index < -0.39 is 55.0 Å². The maximum absolute atomic E-state index is 11.9. The SMILES string of the molecule is C=CC(C=C)C(C(=O)OCCO)C(O)(CC(=O)O)C(=O)O. The molecule has 2 unspecified atom stereocenters. The third-order valence-electron chi connectivity index (χ3n) is 2.82. The summed E-state index contributed by atoms with van der Waals surface area (Å²) in [5.41, 5.74) is -2.90. The summed E-state index contributed by atoms with van der Waals surface area (Å²) < 4.78 is 4.62. The van der Waals surface area contributed by atoms with Crippen LogP contribution in [0.4, 0.5) is 0 Å². The molecule has 4 N–H and O–H groups in total. The van der Waals surface area contributed by atoms with Gasteiger partial charge in [0.25, 0.3) is 0 Å². The van der Waals surface area contributed by atoms with E-state index in [1.807, 2.05) is 0 Å². The van der Waals surface area contributed by atoms with Crippen LogP contribution in [0.3, 0.4) is 0 Å². The van der Waals surface area contributed by atoms with Crippen molar-refractivity contribution in [1.82, 2.24) is 0 Å². The summed E-state index contributed by atoms with van der Waals surface area (Å²) in [6, 6.07) is 0. The number of aliphatic hydroxyl groups excluding tert-OH is 1. The van der Waals surface area contributed by atoms with E-state index in [-0.39, 0.29) is 0 Å². The number of esters is 1. The van der Waals surface area contributed by atoms with Crippen molar-refractivity contribution in [3.8, 4) is 0 Å². The molecule has 0 aromatic rings. The molecule has 0 bridgehead atoms. The molecule has 21 heavy (non-hydrogen) atoms. The Balaban J connectivity index is 5.75. The first-order valence-corrected chi connectivity index (χ1v) is 5.94. The van der Waals surface area contributed by atoms with Crippen LogP contribution < -0.4 is 0 Å². The van der Waals surface area contributed by atoms with Gasteiger partial charge in [0.05, 0.1) is 13.0 Å². The highest BCUT2D eigenvalue weighted by Crippen LogP contribution is 2.32. The summed E-state index contributed by atoms with van der Waals surface area (Å²) in [7, 11) is 0. The number of rotatable bonds is 10. The van der Waals surface area contributed by atoms with E-state index in [9.17, 15) is 19.5 Å². The molecule has 0 amide bonds. The second-order valence-electron chi connectivity index (χ2n) is 4.22. The van der Waals surface area contributed by atoms with Crippen molar-refractivity contribution in [1.29, 1.82) is 0 Å². The lowest BCUT2D eigenvalue weighted by Gasteiger charge is -2.32. The van der Waals surface area contributed by atoms with Gasteiger partial charge in [-0.2, -0.15) is 0 Å². The monoisotopic (exact) mass is 302 g/mol. The van der Waals surface area contributed by atoms with Gasteiger partial charge in [0, 0.05) is 5.92 Å². The van der Waals surface area contributed by atoms with E-state index in [1.54, 1.807) is 0 Å². The number of carbonyl (C=O) groups excluding carboxylic acids is 1. The van der Waals surface area contributed by atoms with Gasteiger partial charge in [-0.05, 0) is 0 Å². The fourth-order valence-electron chi connectivity index (χ4n) is 1.82. The van der Waals surface area contributed by atoms with Crippen molar-refractivity contribution >= 4 is 17.9 Å². The average Bonchev–Trinajstić information content (AvgIpc) is 2.40. The maximum atomic E-state index is 11.9. The van der Waals surface area contributed by atoms with Crippen LogP contribution in [0, 0.1) is 11.8 Å². The number of hydrogen-bond donors (Lipinski definition) is 4. The summed E-state index contributed by atoms with van der Waals surface area (Å²) in [6.45, 7) is 5.85. The summed E-state index contributed by atoms with van der Waals surface area (Å²) >= 11 is 0. The highest BCUT2D eigenvalue weighted by atomic mass is 16.5. The third kappa shape index (κ3) is 4.69. The molecule has 0 radical (unpaired) electrons. The van der Waals surface area contributed by atoms with Crippen molar-refractivity contribution in [2.45, 2.75) is 12.0 Å². The van der Waals surface area contributed by atoms with Crippen molar-refractivity contribution in [2.24, 2.45) is 11.8 Å². The predicted octanol–water partition coefficient (Wildman–Crippen LogP) is -0.583. The van der Waals surface area contributed by atoms with Crippen LogP contribution in [0.15, 0.2) is 25.3 Å². The third-order valence-corrected chi connectivity index (χ3v) is 2.82. The molecule has 0 spiro atoms. The number of allylic oxidation sites excluding steroid dienone is 2. The smallest absolute Gasteiger partial charge is 0.337 e. The molecule has 8 heteroatoms. The van der Waals surface area contributed by atoms with Gasteiger partial charge >= 0.3 is 17.9 Å². The van der Waals surface area contributed by atoms with Crippen LogP contribution in [0.2, 0.25) is 0 Å². The van der Waals surface area contributed by atoms with Gasteiger partial charge in [-0.25, -0.2) is 4.79 Å². The maximum Gasteiger partial charge on any atom is 0.337 e. The first kappa shape index (κ1) is 18.8. The summed E-state index contributed by atoms with van der Waals surface area (Å²) in [5, 5.41) is 36.7. The summed E-state index contributed by atoms with van der Waals surface area (Å²) in [6.07, 6.45) is 1.08. The van der Waals surface area contributed by atoms with Crippen molar-refractivity contribution < 1.29 is 39.5 Å². The molecule has 0 aromatic carbocycles. The molecular formula is C13H18O8. The second-order valence-corrected chi connectivity index (χ2v) is 4.22. The summed E-state index contributed by atoms with van der Waals surface area (Å²) in [4.78, 5) is 34.0. The van der Waals surface area contributed by atoms with Crippen LogP contribution in [-0.4, -0.2) is 57.1 Å². The molecule has 0 aromatic heterocycles. The fraction of sp³-hybridized carbons (Fsp3) is 0.462. The summed E-state index contributed by atoms with van der Waals surface area (Å²) in [5.74, 6) is -7.44. The molecule has 0 fully saturated rings. The van der Waals surface area contributed by atoms with Gasteiger partial charge in [0.2, 0.25) is 0 Å².